The van der Waals surface area contributed by atoms with Crippen molar-refractivity contribution in [3.05, 3.63) is 105 Å². The second-order valence-corrected chi connectivity index (χ2v) is 7.62. The van der Waals surface area contributed by atoms with Crippen molar-refractivity contribution in [2.75, 3.05) is 6.54 Å². The lowest BCUT2D eigenvalue weighted by Gasteiger charge is -2.23. The van der Waals surface area contributed by atoms with E-state index < -0.39 is 28.4 Å². The molecule has 9 heteroatoms. The Morgan fingerprint density at radius 2 is 1.88 bits per heavy atom. The van der Waals surface area contributed by atoms with Crippen LogP contribution in [0, 0.1) is 22.9 Å². The molecule has 1 atom stereocenters. The van der Waals surface area contributed by atoms with Crippen LogP contribution in [0.25, 0.3) is 5.76 Å². The lowest BCUT2D eigenvalue weighted by atomic mass is 9.99. The lowest BCUT2D eigenvalue weighted by molar-refractivity contribution is -0.384. The molecular formula is C24H19FN2O6. The van der Waals surface area contributed by atoms with E-state index >= 15 is 0 Å². The summed E-state index contributed by atoms with van der Waals surface area (Å²) >= 11 is 0. The zero-order valence-corrected chi connectivity index (χ0v) is 17.5. The number of Topliss-reactive ketones (excluding diaryl/α,β-unsaturated/α-hetero) is 1. The standard InChI is InChI=1S/C24H19FN2O6/c1-14-5-10-19(33-14)21-20(22(28)16-3-2-4-18(13-16)27(31)32)23(29)24(30)26(21)12-11-15-6-8-17(25)9-7-15/h2-10,13,21,28H,11-12H2,1H3/b22-20-. The van der Waals surface area contributed by atoms with Gasteiger partial charge in [0.25, 0.3) is 17.4 Å². The number of carbonyl (C=O) groups is 2. The summed E-state index contributed by atoms with van der Waals surface area (Å²) in [6.45, 7) is 1.81. The number of benzene rings is 2. The van der Waals surface area contributed by atoms with E-state index in [0.29, 0.717) is 12.2 Å². The molecule has 2 aromatic carbocycles. The molecule has 1 N–H and O–H groups in total. The third-order valence-electron chi connectivity index (χ3n) is 5.46. The maximum absolute atomic E-state index is 13.2. The van der Waals surface area contributed by atoms with E-state index in [2.05, 4.69) is 0 Å². The Labute approximate surface area is 187 Å². The number of hydrogen-bond acceptors (Lipinski definition) is 6. The van der Waals surface area contributed by atoms with Crippen molar-refractivity contribution in [1.29, 1.82) is 0 Å². The lowest BCUT2D eigenvalue weighted by Crippen LogP contribution is -2.31. The van der Waals surface area contributed by atoms with Crippen LogP contribution in [-0.4, -0.2) is 33.2 Å². The molecule has 0 spiro atoms. The van der Waals surface area contributed by atoms with Gasteiger partial charge in [-0.25, -0.2) is 4.39 Å². The number of aliphatic hydroxyl groups excluding tert-OH is 1. The molecule has 1 saturated heterocycles. The topological polar surface area (TPSA) is 114 Å². The first-order valence-corrected chi connectivity index (χ1v) is 10.1. The van der Waals surface area contributed by atoms with Gasteiger partial charge in [-0.2, -0.15) is 0 Å². The maximum Gasteiger partial charge on any atom is 0.295 e. The fourth-order valence-electron chi connectivity index (χ4n) is 3.83. The van der Waals surface area contributed by atoms with Crippen molar-refractivity contribution in [3.63, 3.8) is 0 Å². The summed E-state index contributed by atoms with van der Waals surface area (Å²) in [5.74, 6) is -1.84. The highest BCUT2D eigenvalue weighted by Crippen LogP contribution is 2.40. The van der Waals surface area contributed by atoms with Gasteiger partial charge in [-0.3, -0.25) is 19.7 Å². The predicted molar refractivity (Wildman–Crippen MR) is 116 cm³/mol. The number of aliphatic hydroxyl groups is 1. The Morgan fingerprint density at radius 1 is 1.15 bits per heavy atom. The van der Waals surface area contributed by atoms with Crippen molar-refractivity contribution in [1.82, 2.24) is 4.90 Å². The molecule has 1 unspecified atom stereocenters. The number of halogens is 1. The summed E-state index contributed by atoms with van der Waals surface area (Å²) < 4.78 is 18.9. The van der Waals surface area contributed by atoms with E-state index in [1.54, 1.807) is 31.2 Å². The minimum absolute atomic E-state index is 0.0361. The van der Waals surface area contributed by atoms with Gasteiger partial charge in [-0.05, 0) is 43.2 Å². The number of nitro groups is 1. The molecule has 4 rings (SSSR count). The molecule has 1 aliphatic rings. The smallest absolute Gasteiger partial charge is 0.295 e. The molecule has 0 radical (unpaired) electrons. The molecule has 2 heterocycles. The van der Waals surface area contributed by atoms with Crippen LogP contribution < -0.4 is 0 Å². The van der Waals surface area contributed by atoms with Crippen molar-refractivity contribution >= 4 is 23.1 Å². The molecule has 0 aliphatic carbocycles. The number of hydrogen-bond donors (Lipinski definition) is 1. The number of ketones is 1. The first-order chi connectivity index (χ1) is 15.8. The number of non-ortho nitro benzene ring substituents is 1. The molecule has 1 aromatic heterocycles. The second-order valence-electron chi connectivity index (χ2n) is 7.62. The van der Waals surface area contributed by atoms with E-state index in [-0.39, 0.29) is 34.9 Å². The van der Waals surface area contributed by atoms with E-state index in [1.807, 2.05) is 0 Å². The van der Waals surface area contributed by atoms with Crippen molar-refractivity contribution in [2.24, 2.45) is 0 Å². The van der Waals surface area contributed by atoms with E-state index in [0.717, 1.165) is 11.6 Å². The Morgan fingerprint density at radius 3 is 2.52 bits per heavy atom. The number of carbonyl (C=O) groups excluding carboxylic acids is 2. The molecular weight excluding hydrogens is 431 g/mol. The van der Waals surface area contributed by atoms with E-state index in [1.165, 1.54) is 35.2 Å². The Hall–Kier alpha value is -4.27. The molecule has 0 saturated carbocycles. The highest BCUT2D eigenvalue weighted by molar-refractivity contribution is 6.46. The molecule has 33 heavy (non-hydrogen) atoms. The maximum atomic E-state index is 13.2. The average molecular weight is 450 g/mol. The molecule has 1 amide bonds. The van der Waals surface area contributed by atoms with Crippen LogP contribution in [-0.2, 0) is 16.0 Å². The van der Waals surface area contributed by atoms with Gasteiger partial charge in [-0.15, -0.1) is 0 Å². The Balaban J connectivity index is 1.77. The zero-order chi connectivity index (χ0) is 23.7. The van der Waals surface area contributed by atoms with Crippen LogP contribution in [0.3, 0.4) is 0 Å². The highest BCUT2D eigenvalue weighted by atomic mass is 19.1. The van der Waals surface area contributed by atoms with Gasteiger partial charge in [0.1, 0.15) is 29.1 Å². The fraction of sp³-hybridized carbons (Fsp3) is 0.167. The fourth-order valence-corrected chi connectivity index (χ4v) is 3.83. The minimum Gasteiger partial charge on any atom is -0.507 e. The Bertz CT molecular complexity index is 1280. The number of nitro benzene ring substituents is 1. The number of aryl methyl sites for hydroxylation is 1. The van der Waals surface area contributed by atoms with E-state index in [9.17, 15) is 29.2 Å². The Kier molecular flexibility index (Phi) is 5.78. The second kappa shape index (κ2) is 8.70. The quantitative estimate of drug-likeness (QED) is 0.197. The summed E-state index contributed by atoms with van der Waals surface area (Å²) in [5.41, 5.74) is 0.310. The third-order valence-corrected chi connectivity index (χ3v) is 5.46. The number of nitrogens with zero attached hydrogens (tertiary/aromatic N) is 2. The molecule has 168 valence electrons. The predicted octanol–water partition coefficient (Wildman–Crippen LogP) is 4.30. The molecule has 8 nitrogen and oxygen atoms in total. The zero-order valence-electron chi connectivity index (χ0n) is 17.5. The summed E-state index contributed by atoms with van der Waals surface area (Å²) in [6, 6.07) is 13.2. The van der Waals surface area contributed by atoms with Gasteiger partial charge >= 0.3 is 0 Å². The molecule has 1 fully saturated rings. The minimum atomic E-state index is -1.02. The molecule has 1 aliphatic heterocycles. The summed E-state index contributed by atoms with van der Waals surface area (Å²) in [7, 11) is 0. The largest absolute Gasteiger partial charge is 0.507 e. The third kappa shape index (κ3) is 4.25. The van der Waals surface area contributed by atoms with Gasteiger partial charge in [0.15, 0.2) is 0 Å². The van der Waals surface area contributed by atoms with Crippen molar-refractivity contribution in [3.8, 4) is 0 Å². The number of likely N-dealkylation sites (tertiary alicyclic amines) is 1. The van der Waals surface area contributed by atoms with Gasteiger partial charge < -0.3 is 14.4 Å². The summed E-state index contributed by atoms with van der Waals surface area (Å²) in [6.07, 6.45) is 0.334. The van der Waals surface area contributed by atoms with Gasteiger partial charge in [0.05, 0.1) is 10.5 Å². The molecule has 3 aromatic rings. The first-order valence-electron chi connectivity index (χ1n) is 10.1. The average Bonchev–Trinajstić information content (AvgIpc) is 3.34. The van der Waals surface area contributed by atoms with Gasteiger partial charge in [0, 0.05) is 24.2 Å². The number of rotatable bonds is 6. The number of furan rings is 1. The van der Waals surface area contributed by atoms with Crippen LogP contribution in [0.4, 0.5) is 10.1 Å². The highest BCUT2D eigenvalue weighted by Gasteiger charge is 2.47. The summed E-state index contributed by atoms with van der Waals surface area (Å²) in [5, 5.41) is 22.1. The van der Waals surface area contributed by atoms with Crippen molar-refractivity contribution in [2.45, 2.75) is 19.4 Å². The van der Waals surface area contributed by atoms with Crippen LogP contribution in [0.1, 0.15) is 28.7 Å². The normalized spacial score (nSPS) is 17.5. The molecule has 0 bridgehead atoms. The van der Waals surface area contributed by atoms with Crippen LogP contribution in [0.15, 0.2) is 70.7 Å². The van der Waals surface area contributed by atoms with Gasteiger partial charge in [0.2, 0.25) is 0 Å². The van der Waals surface area contributed by atoms with Crippen LogP contribution >= 0.6 is 0 Å². The van der Waals surface area contributed by atoms with Gasteiger partial charge in [-0.1, -0.05) is 24.3 Å². The monoisotopic (exact) mass is 450 g/mol. The van der Waals surface area contributed by atoms with Crippen molar-refractivity contribution < 1.29 is 28.4 Å². The number of amides is 1. The summed E-state index contributed by atoms with van der Waals surface area (Å²) in [4.78, 5) is 37.7. The van der Waals surface area contributed by atoms with E-state index in [4.69, 9.17) is 4.42 Å². The van der Waals surface area contributed by atoms with Crippen LogP contribution in [0.2, 0.25) is 0 Å². The SMILES string of the molecule is Cc1ccc(C2/C(=C(/O)c3cccc([N+](=O)[O-])c3)C(=O)C(=O)N2CCc2ccc(F)cc2)o1. The first kappa shape index (κ1) is 21.9. The van der Waals surface area contributed by atoms with Crippen LogP contribution in [0.5, 0.6) is 0 Å².